The molecule has 1 aliphatic carbocycles. The van der Waals surface area contributed by atoms with Crippen LogP contribution in [0.5, 0.6) is 0 Å². The highest BCUT2D eigenvalue weighted by atomic mass is 16.4. The number of nitrogens with one attached hydrogen (secondary N) is 1. The molecule has 0 saturated heterocycles. The van der Waals surface area contributed by atoms with Crippen LogP contribution >= 0.6 is 0 Å². The Morgan fingerprint density at radius 3 is 2.43 bits per heavy atom. The van der Waals surface area contributed by atoms with Crippen LogP contribution in [0.2, 0.25) is 0 Å². The summed E-state index contributed by atoms with van der Waals surface area (Å²) >= 11 is 0. The quantitative estimate of drug-likeness (QED) is 0.653. The molecule has 80 valence electrons. The van der Waals surface area contributed by atoms with Crippen LogP contribution < -0.4 is 5.32 Å². The topological polar surface area (TPSA) is 66.4 Å². The van der Waals surface area contributed by atoms with Gasteiger partial charge in [-0.3, -0.25) is 9.59 Å². The van der Waals surface area contributed by atoms with Crippen LogP contribution in [0.1, 0.15) is 39.0 Å². The SMILES string of the molecule is CCC1(CNC(=O)CC(=O)O)CCC1. The molecule has 0 aromatic rings. The lowest BCUT2D eigenvalue weighted by Crippen LogP contribution is -2.42. The van der Waals surface area contributed by atoms with E-state index in [1.165, 1.54) is 6.42 Å². The highest BCUT2D eigenvalue weighted by Gasteiger charge is 2.35. The summed E-state index contributed by atoms with van der Waals surface area (Å²) in [6.07, 6.45) is 4.16. The van der Waals surface area contributed by atoms with E-state index in [4.69, 9.17) is 5.11 Å². The van der Waals surface area contributed by atoms with Crippen molar-refractivity contribution in [1.29, 1.82) is 0 Å². The molecule has 1 rings (SSSR count). The van der Waals surface area contributed by atoms with Gasteiger partial charge >= 0.3 is 5.97 Å². The first-order valence-corrected chi connectivity index (χ1v) is 5.06. The van der Waals surface area contributed by atoms with E-state index < -0.39 is 12.4 Å². The molecule has 0 aliphatic heterocycles. The molecular formula is C10H17NO3. The second-order valence-electron chi connectivity index (χ2n) is 4.05. The van der Waals surface area contributed by atoms with Gasteiger partial charge in [-0.15, -0.1) is 0 Å². The minimum Gasteiger partial charge on any atom is -0.481 e. The number of carbonyl (C=O) groups excluding carboxylic acids is 1. The first-order chi connectivity index (χ1) is 6.58. The lowest BCUT2D eigenvalue weighted by Gasteiger charge is -2.41. The fraction of sp³-hybridized carbons (Fsp3) is 0.800. The van der Waals surface area contributed by atoms with Crippen molar-refractivity contribution in [3.05, 3.63) is 0 Å². The van der Waals surface area contributed by atoms with Crippen molar-refractivity contribution in [3.8, 4) is 0 Å². The highest BCUT2D eigenvalue weighted by Crippen LogP contribution is 2.42. The predicted octanol–water partition coefficient (Wildman–Crippen LogP) is 1.16. The molecule has 4 nitrogen and oxygen atoms in total. The molecule has 0 aromatic heterocycles. The van der Waals surface area contributed by atoms with Gasteiger partial charge in [0.25, 0.3) is 0 Å². The van der Waals surface area contributed by atoms with Crippen LogP contribution in [-0.4, -0.2) is 23.5 Å². The first kappa shape index (κ1) is 11.0. The number of carboxylic acids is 1. The average Bonchev–Trinajstić information content (AvgIpc) is 2.01. The lowest BCUT2D eigenvalue weighted by molar-refractivity contribution is -0.140. The third kappa shape index (κ3) is 2.72. The maximum atomic E-state index is 11.1. The minimum absolute atomic E-state index is 0.258. The van der Waals surface area contributed by atoms with Gasteiger partial charge in [-0.05, 0) is 24.7 Å². The zero-order valence-corrected chi connectivity index (χ0v) is 8.51. The Morgan fingerprint density at radius 2 is 2.07 bits per heavy atom. The number of amides is 1. The molecule has 2 N–H and O–H groups in total. The number of hydrogen-bond acceptors (Lipinski definition) is 2. The van der Waals surface area contributed by atoms with Crippen LogP contribution in [0.15, 0.2) is 0 Å². The van der Waals surface area contributed by atoms with Gasteiger partial charge < -0.3 is 10.4 Å². The Kier molecular flexibility index (Phi) is 3.49. The summed E-state index contributed by atoms with van der Waals surface area (Å²) in [6, 6.07) is 0. The van der Waals surface area contributed by atoms with Crippen molar-refractivity contribution in [1.82, 2.24) is 5.32 Å². The van der Waals surface area contributed by atoms with Gasteiger partial charge in [-0.25, -0.2) is 0 Å². The summed E-state index contributed by atoms with van der Waals surface area (Å²) in [5.74, 6) is -1.45. The molecule has 0 unspecified atom stereocenters. The fourth-order valence-electron chi connectivity index (χ4n) is 1.82. The second-order valence-corrected chi connectivity index (χ2v) is 4.05. The molecule has 0 radical (unpaired) electrons. The van der Waals surface area contributed by atoms with Crippen LogP contribution in [0.3, 0.4) is 0 Å². The number of aliphatic carboxylic acids is 1. The highest BCUT2D eigenvalue weighted by molar-refractivity contribution is 5.93. The van der Waals surface area contributed by atoms with Gasteiger partial charge in [-0.1, -0.05) is 13.3 Å². The number of carbonyl (C=O) groups is 2. The molecule has 1 fully saturated rings. The van der Waals surface area contributed by atoms with E-state index in [-0.39, 0.29) is 11.3 Å². The molecule has 14 heavy (non-hydrogen) atoms. The van der Waals surface area contributed by atoms with Crippen molar-refractivity contribution < 1.29 is 14.7 Å². The normalized spacial score (nSPS) is 18.4. The van der Waals surface area contributed by atoms with Gasteiger partial charge in [0.15, 0.2) is 0 Å². The van der Waals surface area contributed by atoms with E-state index in [9.17, 15) is 9.59 Å². The van der Waals surface area contributed by atoms with E-state index in [1.54, 1.807) is 0 Å². The summed E-state index contributed by atoms with van der Waals surface area (Å²) in [7, 11) is 0. The Labute approximate surface area is 83.7 Å². The second kappa shape index (κ2) is 4.44. The smallest absolute Gasteiger partial charge is 0.312 e. The first-order valence-electron chi connectivity index (χ1n) is 5.06. The fourth-order valence-corrected chi connectivity index (χ4v) is 1.82. The third-order valence-corrected chi connectivity index (χ3v) is 3.14. The minimum atomic E-state index is -1.07. The summed E-state index contributed by atoms with van der Waals surface area (Å²) in [6.45, 7) is 2.75. The maximum absolute atomic E-state index is 11.1. The van der Waals surface area contributed by atoms with E-state index in [0.717, 1.165) is 19.3 Å². The molecule has 0 aromatic carbocycles. The zero-order chi connectivity index (χ0) is 10.6. The molecule has 4 heteroatoms. The van der Waals surface area contributed by atoms with Crippen molar-refractivity contribution in [2.24, 2.45) is 5.41 Å². The van der Waals surface area contributed by atoms with E-state index >= 15 is 0 Å². The zero-order valence-electron chi connectivity index (χ0n) is 8.51. The van der Waals surface area contributed by atoms with Gasteiger partial charge in [0.2, 0.25) is 5.91 Å². The molecule has 1 amide bonds. The van der Waals surface area contributed by atoms with Gasteiger partial charge in [0.1, 0.15) is 6.42 Å². The predicted molar refractivity (Wildman–Crippen MR) is 51.8 cm³/mol. The Bertz CT molecular complexity index is 228. The van der Waals surface area contributed by atoms with Gasteiger partial charge in [0, 0.05) is 6.54 Å². The lowest BCUT2D eigenvalue weighted by atomic mass is 9.67. The largest absolute Gasteiger partial charge is 0.481 e. The molecule has 1 aliphatic rings. The van der Waals surface area contributed by atoms with E-state index in [0.29, 0.717) is 6.54 Å². The van der Waals surface area contributed by atoms with Crippen molar-refractivity contribution in [2.75, 3.05) is 6.54 Å². The Balaban J connectivity index is 2.25. The Hall–Kier alpha value is -1.06. The van der Waals surface area contributed by atoms with Crippen molar-refractivity contribution in [2.45, 2.75) is 39.0 Å². The van der Waals surface area contributed by atoms with Crippen molar-refractivity contribution >= 4 is 11.9 Å². The summed E-state index contributed by atoms with van der Waals surface area (Å²) < 4.78 is 0. The van der Waals surface area contributed by atoms with Crippen LogP contribution in [0.25, 0.3) is 0 Å². The van der Waals surface area contributed by atoms with Crippen molar-refractivity contribution in [3.63, 3.8) is 0 Å². The summed E-state index contributed by atoms with van der Waals surface area (Å²) in [5.41, 5.74) is 0.258. The molecule has 0 bridgehead atoms. The van der Waals surface area contributed by atoms with Crippen LogP contribution in [0, 0.1) is 5.41 Å². The van der Waals surface area contributed by atoms with E-state index in [2.05, 4.69) is 12.2 Å². The van der Waals surface area contributed by atoms with E-state index in [1.807, 2.05) is 0 Å². The summed E-state index contributed by atoms with van der Waals surface area (Å²) in [4.78, 5) is 21.3. The Morgan fingerprint density at radius 1 is 1.43 bits per heavy atom. The number of rotatable bonds is 5. The van der Waals surface area contributed by atoms with Gasteiger partial charge in [0.05, 0.1) is 0 Å². The molecular weight excluding hydrogens is 182 g/mol. The molecule has 0 spiro atoms. The van der Waals surface area contributed by atoms with Crippen LogP contribution in [0.4, 0.5) is 0 Å². The molecule has 1 saturated carbocycles. The number of hydrogen-bond donors (Lipinski definition) is 2. The third-order valence-electron chi connectivity index (χ3n) is 3.14. The maximum Gasteiger partial charge on any atom is 0.312 e. The molecule has 0 atom stereocenters. The standard InChI is InChI=1S/C10H17NO3/c1-2-10(4-3-5-10)7-11-8(12)6-9(13)14/h2-7H2,1H3,(H,11,12)(H,13,14). The monoisotopic (exact) mass is 199 g/mol. The van der Waals surface area contributed by atoms with Crippen LogP contribution in [-0.2, 0) is 9.59 Å². The number of carboxylic acid groups (broad SMARTS) is 1. The van der Waals surface area contributed by atoms with Gasteiger partial charge in [-0.2, -0.15) is 0 Å². The summed E-state index contributed by atoms with van der Waals surface area (Å²) in [5, 5.41) is 11.1. The molecule has 0 heterocycles. The average molecular weight is 199 g/mol.